The van der Waals surface area contributed by atoms with Gasteiger partial charge in [-0.15, -0.1) is 0 Å². The Balaban J connectivity index is 1.53. The molecule has 0 atom stereocenters. The van der Waals surface area contributed by atoms with Gasteiger partial charge < -0.3 is 10.2 Å². The van der Waals surface area contributed by atoms with Crippen LogP contribution in [0.1, 0.15) is 44.6 Å². The van der Waals surface area contributed by atoms with Crippen LogP contribution in [-0.4, -0.2) is 55.5 Å². The van der Waals surface area contributed by atoms with Crippen molar-refractivity contribution in [3.8, 4) is 5.82 Å². The number of rotatable bonds is 4. The largest absolute Gasteiger partial charge is 0.357 e. The van der Waals surface area contributed by atoms with Crippen LogP contribution in [0.15, 0.2) is 42.0 Å². The van der Waals surface area contributed by atoms with E-state index in [4.69, 9.17) is 4.99 Å². The van der Waals surface area contributed by atoms with Crippen LogP contribution in [0.4, 0.5) is 0 Å². The van der Waals surface area contributed by atoms with Crippen molar-refractivity contribution in [3.63, 3.8) is 0 Å². The second kappa shape index (κ2) is 8.99. The van der Waals surface area contributed by atoms with Gasteiger partial charge in [0.1, 0.15) is 12.1 Å². The average molecular weight is 399 g/mol. The molecule has 150 valence electrons. The molecule has 2 fully saturated rings. The van der Waals surface area contributed by atoms with Crippen LogP contribution in [0.2, 0.25) is 0 Å². The number of hydrogen-bond donors (Lipinski definition) is 1. The third-order valence-electron chi connectivity index (χ3n) is 5.66. The summed E-state index contributed by atoms with van der Waals surface area (Å²) in [6.07, 6.45) is 14.2. The number of hydrogen-bond acceptors (Lipinski definition) is 4. The summed E-state index contributed by atoms with van der Waals surface area (Å²) in [6, 6.07) is 4.08. The molecule has 4 rings (SSSR count). The lowest BCUT2D eigenvalue weighted by Gasteiger charge is -2.45. The Hall–Kier alpha value is -2.02. The van der Waals surface area contributed by atoms with Crippen LogP contribution in [0.5, 0.6) is 0 Å². The predicted molar refractivity (Wildman–Crippen MR) is 116 cm³/mol. The van der Waals surface area contributed by atoms with Crippen LogP contribution in [0.25, 0.3) is 5.82 Å². The Bertz CT molecular complexity index is 776. The topological polar surface area (TPSA) is 58.3 Å². The molecular weight excluding hydrogens is 368 g/mol. The number of pyridine rings is 1. The van der Waals surface area contributed by atoms with Gasteiger partial charge in [-0.3, -0.25) is 4.57 Å². The van der Waals surface area contributed by atoms with E-state index in [0.29, 0.717) is 11.3 Å². The van der Waals surface area contributed by atoms with E-state index < -0.39 is 0 Å². The molecule has 1 saturated carbocycles. The van der Waals surface area contributed by atoms with Gasteiger partial charge in [-0.2, -0.15) is 11.8 Å². The van der Waals surface area contributed by atoms with Crippen molar-refractivity contribution in [2.75, 3.05) is 25.4 Å². The number of thioether (sulfide) groups is 1. The number of aromatic nitrogens is 3. The summed E-state index contributed by atoms with van der Waals surface area (Å²) < 4.78 is 2.38. The number of nitrogens with one attached hydrogen (secondary N) is 1. The van der Waals surface area contributed by atoms with Crippen molar-refractivity contribution in [2.24, 2.45) is 4.99 Å². The maximum atomic E-state index is 5.00. The van der Waals surface area contributed by atoms with Crippen LogP contribution in [-0.2, 0) is 6.54 Å². The zero-order chi connectivity index (χ0) is 19.2. The van der Waals surface area contributed by atoms with Crippen LogP contribution < -0.4 is 5.32 Å². The second-order valence-corrected chi connectivity index (χ2v) is 9.20. The summed E-state index contributed by atoms with van der Waals surface area (Å²) in [5, 5.41) is 3.53. The third-order valence-corrected chi connectivity index (χ3v) is 7.20. The lowest BCUT2D eigenvalue weighted by molar-refractivity contribution is 0.293. The van der Waals surface area contributed by atoms with Crippen molar-refractivity contribution in [2.45, 2.75) is 50.3 Å². The summed E-state index contributed by atoms with van der Waals surface area (Å²) in [6.45, 7) is 5.83. The van der Waals surface area contributed by atoms with E-state index in [9.17, 15) is 0 Å². The minimum atomic E-state index is 0.433. The minimum absolute atomic E-state index is 0.433. The Morgan fingerprint density at radius 3 is 2.96 bits per heavy atom. The van der Waals surface area contributed by atoms with Gasteiger partial charge in [0.05, 0.1) is 6.54 Å². The highest BCUT2D eigenvalue weighted by molar-refractivity contribution is 8.00. The summed E-state index contributed by atoms with van der Waals surface area (Å²) >= 11 is 2.20. The maximum Gasteiger partial charge on any atom is 0.194 e. The van der Waals surface area contributed by atoms with Gasteiger partial charge in [-0.25, -0.2) is 15.0 Å². The van der Waals surface area contributed by atoms with E-state index in [1.54, 1.807) is 12.5 Å². The number of imidazole rings is 1. The Kier molecular flexibility index (Phi) is 6.20. The molecule has 28 heavy (non-hydrogen) atoms. The van der Waals surface area contributed by atoms with Crippen molar-refractivity contribution >= 4 is 17.7 Å². The smallest absolute Gasteiger partial charge is 0.194 e. The van der Waals surface area contributed by atoms with Gasteiger partial charge in [0, 0.05) is 54.3 Å². The van der Waals surface area contributed by atoms with E-state index in [2.05, 4.69) is 44.9 Å². The number of guanidine groups is 1. The molecule has 1 aliphatic carbocycles. The fraction of sp³-hybridized carbons (Fsp3) is 0.571. The molecule has 2 aliphatic rings. The molecule has 0 radical (unpaired) electrons. The second-order valence-electron chi connectivity index (χ2n) is 7.64. The highest BCUT2D eigenvalue weighted by Gasteiger charge is 2.38. The van der Waals surface area contributed by atoms with Gasteiger partial charge in [-0.05, 0) is 25.8 Å². The van der Waals surface area contributed by atoms with Gasteiger partial charge in [0.25, 0.3) is 0 Å². The Morgan fingerprint density at radius 2 is 2.18 bits per heavy atom. The standard InChI is InChI=1S/C21H30N6S/c1-2-23-20(26-13-14-28-21(16-26)8-4-3-5-9-21)25-15-18-7-6-10-24-19(18)27-12-11-22-17-27/h6-7,10-12,17H,2-5,8-9,13-16H2,1H3,(H,23,25). The molecule has 1 spiro atoms. The summed E-state index contributed by atoms with van der Waals surface area (Å²) in [5.41, 5.74) is 1.11. The molecule has 2 aromatic rings. The molecule has 1 saturated heterocycles. The Labute approximate surface area is 171 Å². The SMILES string of the molecule is CCNC(=NCc1cccnc1-n1ccnc1)N1CCSC2(CCCCC2)C1. The van der Waals surface area contributed by atoms with Gasteiger partial charge in [-0.1, -0.05) is 25.3 Å². The first-order chi connectivity index (χ1) is 13.8. The monoisotopic (exact) mass is 398 g/mol. The molecule has 0 aromatic carbocycles. The fourth-order valence-corrected chi connectivity index (χ4v) is 5.85. The average Bonchev–Trinajstić information content (AvgIpc) is 3.27. The lowest BCUT2D eigenvalue weighted by Crippen LogP contribution is -2.53. The summed E-state index contributed by atoms with van der Waals surface area (Å²) in [5.74, 6) is 3.13. The third kappa shape index (κ3) is 4.35. The Morgan fingerprint density at radius 1 is 1.29 bits per heavy atom. The lowest BCUT2D eigenvalue weighted by atomic mass is 9.87. The van der Waals surface area contributed by atoms with E-state index >= 15 is 0 Å². The van der Waals surface area contributed by atoms with E-state index in [0.717, 1.165) is 37.0 Å². The van der Waals surface area contributed by atoms with Crippen LogP contribution >= 0.6 is 11.8 Å². The normalized spacial score (nSPS) is 19.8. The molecule has 2 aromatic heterocycles. The van der Waals surface area contributed by atoms with E-state index in [1.807, 2.05) is 23.0 Å². The minimum Gasteiger partial charge on any atom is -0.357 e. The van der Waals surface area contributed by atoms with Crippen molar-refractivity contribution < 1.29 is 0 Å². The quantitative estimate of drug-likeness (QED) is 0.631. The fourth-order valence-electron chi connectivity index (χ4n) is 4.28. The summed E-state index contributed by atoms with van der Waals surface area (Å²) in [4.78, 5) is 16.2. The zero-order valence-corrected chi connectivity index (χ0v) is 17.5. The molecule has 3 heterocycles. The molecule has 1 N–H and O–H groups in total. The van der Waals surface area contributed by atoms with E-state index in [-0.39, 0.29) is 0 Å². The first kappa shape index (κ1) is 19.3. The van der Waals surface area contributed by atoms with Crippen molar-refractivity contribution in [1.82, 2.24) is 24.8 Å². The maximum absolute atomic E-state index is 5.00. The highest BCUT2D eigenvalue weighted by Crippen LogP contribution is 2.42. The predicted octanol–water partition coefficient (Wildman–Crippen LogP) is 3.48. The summed E-state index contributed by atoms with van der Waals surface area (Å²) in [7, 11) is 0. The molecule has 1 aliphatic heterocycles. The van der Waals surface area contributed by atoms with Gasteiger partial charge in [0.2, 0.25) is 0 Å². The first-order valence-electron chi connectivity index (χ1n) is 10.4. The molecular formula is C21H30N6S. The zero-order valence-electron chi connectivity index (χ0n) is 16.7. The molecule has 0 bridgehead atoms. The number of aliphatic imine (C=N–C) groups is 1. The molecule has 6 nitrogen and oxygen atoms in total. The highest BCUT2D eigenvalue weighted by atomic mass is 32.2. The molecule has 0 amide bonds. The number of nitrogens with zero attached hydrogens (tertiary/aromatic N) is 5. The first-order valence-corrected chi connectivity index (χ1v) is 11.4. The van der Waals surface area contributed by atoms with E-state index in [1.165, 1.54) is 37.9 Å². The van der Waals surface area contributed by atoms with Crippen LogP contribution in [0.3, 0.4) is 0 Å². The van der Waals surface area contributed by atoms with Crippen molar-refractivity contribution in [3.05, 3.63) is 42.6 Å². The van der Waals surface area contributed by atoms with Gasteiger partial charge >= 0.3 is 0 Å². The molecule has 7 heteroatoms. The molecule has 0 unspecified atom stereocenters. The van der Waals surface area contributed by atoms with Crippen molar-refractivity contribution in [1.29, 1.82) is 0 Å². The van der Waals surface area contributed by atoms with Crippen LogP contribution in [0, 0.1) is 0 Å². The van der Waals surface area contributed by atoms with Gasteiger partial charge in [0.15, 0.2) is 5.96 Å².